The monoisotopic (exact) mass is 311 g/mol. The van der Waals surface area contributed by atoms with E-state index in [0.717, 1.165) is 12.1 Å². The van der Waals surface area contributed by atoms with Gasteiger partial charge in [0.2, 0.25) is 0 Å². The summed E-state index contributed by atoms with van der Waals surface area (Å²) in [4.78, 5) is 4.16. The summed E-state index contributed by atoms with van der Waals surface area (Å²) in [5.41, 5.74) is 1.02. The fourth-order valence-corrected chi connectivity index (χ4v) is 3.68. The molecule has 0 atom stereocenters. The molecule has 0 aromatic carbocycles. The van der Waals surface area contributed by atoms with Crippen LogP contribution >= 0.6 is 0 Å². The van der Waals surface area contributed by atoms with E-state index in [4.69, 9.17) is 0 Å². The highest BCUT2D eigenvalue weighted by Gasteiger charge is 2.25. The first-order chi connectivity index (χ1) is 9.93. The maximum Gasteiger partial charge on any atom is 0.260 e. The smallest absolute Gasteiger partial charge is 0.260 e. The maximum absolute atomic E-state index is 12.5. The molecule has 1 aliphatic carbocycles. The van der Waals surface area contributed by atoms with Gasteiger partial charge in [0, 0.05) is 31.9 Å². The van der Waals surface area contributed by atoms with E-state index in [1.807, 2.05) is 26.8 Å². The van der Waals surface area contributed by atoms with Crippen LogP contribution in [0.4, 0.5) is 0 Å². The van der Waals surface area contributed by atoms with Gasteiger partial charge in [-0.15, -0.1) is 0 Å². The van der Waals surface area contributed by atoms with Crippen molar-refractivity contribution >= 4 is 10.0 Å². The van der Waals surface area contributed by atoms with Crippen LogP contribution in [0.2, 0.25) is 0 Å². The number of aromatic nitrogens is 1. The highest BCUT2D eigenvalue weighted by molar-refractivity contribution is 7.89. The van der Waals surface area contributed by atoms with E-state index in [2.05, 4.69) is 10.3 Å². The Morgan fingerprint density at radius 2 is 2.10 bits per heavy atom. The molecule has 5 nitrogen and oxygen atoms in total. The van der Waals surface area contributed by atoms with Crippen molar-refractivity contribution in [2.24, 2.45) is 5.92 Å². The Labute approximate surface area is 127 Å². The van der Waals surface area contributed by atoms with Crippen LogP contribution in [-0.4, -0.2) is 36.8 Å². The summed E-state index contributed by atoms with van der Waals surface area (Å²) in [6.45, 7) is 7.62. The van der Waals surface area contributed by atoms with Gasteiger partial charge in [-0.2, -0.15) is 4.31 Å². The summed E-state index contributed by atoms with van der Waals surface area (Å²) in [7, 11) is -3.48. The first-order valence-corrected chi connectivity index (χ1v) is 9.06. The number of nitrogens with one attached hydrogen (secondary N) is 1. The van der Waals surface area contributed by atoms with Crippen molar-refractivity contribution in [2.75, 3.05) is 13.1 Å². The third kappa shape index (κ3) is 4.49. The zero-order valence-electron chi connectivity index (χ0n) is 13.0. The van der Waals surface area contributed by atoms with Gasteiger partial charge in [-0.05, 0) is 30.4 Å². The van der Waals surface area contributed by atoms with E-state index in [-0.39, 0.29) is 5.03 Å². The summed E-state index contributed by atoms with van der Waals surface area (Å²) < 4.78 is 26.6. The Kier molecular flexibility index (Phi) is 5.35. The third-order valence-electron chi connectivity index (χ3n) is 3.50. The molecule has 0 aliphatic heterocycles. The van der Waals surface area contributed by atoms with Crippen molar-refractivity contribution in [1.82, 2.24) is 14.6 Å². The fourth-order valence-electron chi connectivity index (χ4n) is 2.15. The van der Waals surface area contributed by atoms with Crippen LogP contribution < -0.4 is 5.32 Å². The normalized spacial score (nSPS) is 15.9. The maximum atomic E-state index is 12.5. The molecular weight excluding hydrogens is 286 g/mol. The van der Waals surface area contributed by atoms with E-state index in [0.29, 0.717) is 25.0 Å². The van der Waals surface area contributed by atoms with Crippen molar-refractivity contribution < 1.29 is 8.42 Å². The number of hydrogen-bond donors (Lipinski definition) is 1. The molecule has 1 saturated carbocycles. The summed E-state index contributed by atoms with van der Waals surface area (Å²) in [6, 6.07) is 4.09. The Morgan fingerprint density at radius 1 is 1.38 bits per heavy atom. The van der Waals surface area contributed by atoms with Gasteiger partial charge >= 0.3 is 0 Å². The lowest BCUT2D eigenvalue weighted by atomic mass is 10.2. The van der Waals surface area contributed by atoms with Crippen molar-refractivity contribution in [3.05, 3.63) is 23.9 Å². The summed E-state index contributed by atoms with van der Waals surface area (Å²) >= 11 is 0. The molecule has 1 aliphatic rings. The molecule has 6 heteroatoms. The molecule has 0 amide bonds. The quantitative estimate of drug-likeness (QED) is 0.797. The van der Waals surface area contributed by atoms with E-state index in [1.165, 1.54) is 17.1 Å². The minimum atomic E-state index is -3.48. The molecule has 0 unspecified atom stereocenters. The van der Waals surface area contributed by atoms with Crippen LogP contribution in [0.25, 0.3) is 0 Å². The highest BCUT2D eigenvalue weighted by atomic mass is 32.2. The number of pyridine rings is 1. The molecule has 0 saturated heterocycles. The Hall–Kier alpha value is -0.980. The van der Waals surface area contributed by atoms with Crippen molar-refractivity contribution in [1.29, 1.82) is 0 Å². The minimum Gasteiger partial charge on any atom is -0.310 e. The van der Waals surface area contributed by atoms with Gasteiger partial charge < -0.3 is 5.32 Å². The van der Waals surface area contributed by atoms with E-state index in [9.17, 15) is 8.42 Å². The molecule has 1 aromatic rings. The second-order valence-electron chi connectivity index (χ2n) is 6.01. The standard InChI is InChI=1S/C15H25N3O2S/c1-4-18(11-12(2)3)21(19,20)15-8-5-13(10-17-15)9-16-14-6-7-14/h5,8,10,12,14,16H,4,6-7,9,11H2,1-3H3. The average molecular weight is 311 g/mol. The zero-order valence-corrected chi connectivity index (χ0v) is 13.9. The van der Waals surface area contributed by atoms with E-state index in [1.54, 1.807) is 12.3 Å². The Balaban J connectivity index is 2.07. The molecule has 1 heterocycles. The van der Waals surface area contributed by atoms with E-state index < -0.39 is 10.0 Å². The molecule has 118 valence electrons. The molecule has 0 spiro atoms. The predicted octanol–water partition coefficient (Wildman–Crippen LogP) is 2.00. The molecule has 2 rings (SSSR count). The first-order valence-electron chi connectivity index (χ1n) is 7.62. The summed E-state index contributed by atoms with van der Waals surface area (Å²) in [5, 5.41) is 3.53. The summed E-state index contributed by atoms with van der Waals surface area (Å²) in [6.07, 6.45) is 4.13. The average Bonchev–Trinajstić information content (AvgIpc) is 3.27. The number of rotatable bonds is 8. The largest absolute Gasteiger partial charge is 0.310 e. The van der Waals surface area contributed by atoms with Gasteiger partial charge in [0.1, 0.15) is 0 Å². The third-order valence-corrected chi connectivity index (χ3v) is 5.35. The number of nitrogens with zero attached hydrogens (tertiary/aromatic N) is 2. The fraction of sp³-hybridized carbons (Fsp3) is 0.667. The van der Waals surface area contributed by atoms with Gasteiger partial charge in [0.25, 0.3) is 10.0 Å². The van der Waals surface area contributed by atoms with Crippen LogP contribution in [0.3, 0.4) is 0 Å². The predicted molar refractivity (Wildman–Crippen MR) is 83.4 cm³/mol. The molecule has 0 radical (unpaired) electrons. The Bertz CT molecular complexity index is 551. The van der Waals surface area contributed by atoms with Gasteiger partial charge in [0.05, 0.1) is 0 Å². The van der Waals surface area contributed by atoms with Crippen molar-refractivity contribution in [2.45, 2.75) is 51.2 Å². The highest BCUT2D eigenvalue weighted by Crippen LogP contribution is 2.19. The van der Waals surface area contributed by atoms with Crippen molar-refractivity contribution in [3.8, 4) is 0 Å². The van der Waals surface area contributed by atoms with Gasteiger partial charge in [-0.1, -0.05) is 26.8 Å². The van der Waals surface area contributed by atoms with Gasteiger partial charge in [-0.3, -0.25) is 0 Å². The molecular formula is C15H25N3O2S. The second kappa shape index (κ2) is 6.85. The lowest BCUT2D eigenvalue weighted by Crippen LogP contribution is -2.34. The van der Waals surface area contributed by atoms with Crippen LogP contribution in [-0.2, 0) is 16.6 Å². The van der Waals surface area contributed by atoms with Crippen LogP contribution in [0.1, 0.15) is 39.2 Å². The number of hydrogen-bond acceptors (Lipinski definition) is 4. The van der Waals surface area contributed by atoms with Gasteiger partial charge in [-0.25, -0.2) is 13.4 Å². The summed E-state index contributed by atoms with van der Waals surface area (Å²) in [5.74, 6) is 0.293. The zero-order chi connectivity index (χ0) is 15.5. The number of sulfonamides is 1. The second-order valence-corrected chi connectivity index (χ2v) is 7.89. The lowest BCUT2D eigenvalue weighted by Gasteiger charge is -2.21. The Morgan fingerprint density at radius 3 is 2.57 bits per heavy atom. The van der Waals surface area contributed by atoms with Crippen LogP contribution in [0.15, 0.2) is 23.4 Å². The van der Waals surface area contributed by atoms with Crippen molar-refractivity contribution in [3.63, 3.8) is 0 Å². The molecule has 1 aromatic heterocycles. The molecule has 1 fully saturated rings. The van der Waals surface area contributed by atoms with E-state index >= 15 is 0 Å². The minimum absolute atomic E-state index is 0.139. The molecule has 21 heavy (non-hydrogen) atoms. The first kappa shape index (κ1) is 16.4. The van der Waals surface area contributed by atoms with Crippen LogP contribution in [0.5, 0.6) is 0 Å². The molecule has 0 bridgehead atoms. The SMILES string of the molecule is CCN(CC(C)C)S(=O)(=O)c1ccc(CNC2CC2)cn1. The van der Waals surface area contributed by atoms with Crippen LogP contribution in [0, 0.1) is 5.92 Å². The lowest BCUT2D eigenvalue weighted by molar-refractivity contribution is 0.379. The van der Waals surface area contributed by atoms with Gasteiger partial charge in [0.15, 0.2) is 5.03 Å². The topological polar surface area (TPSA) is 62.3 Å². The molecule has 1 N–H and O–H groups in total.